The Morgan fingerprint density at radius 2 is 1.50 bits per heavy atom. The van der Waals surface area contributed by atoms with E-state index in [2.05, 4.69) is 10.3 Å². The van der Waals surface area contributed by atoms with Crippen molar-refractivity contribution in [2.45, 2.75) is 36.6 Å². The van der Waals surface area contributed by atoms with Gasteiger partial charge in [0.05, 0.1) is 23.8 Å². The first-order valence-corrected chi connectivity index (χ1v) is 13.7. The van der Waals surface area contributed by atoms with E-state index in [4.69, 9.17) is 9.47 Å². The number of aromatic nitrogens is 1. The molecule has 1 aliphatic heterocycles. The zero-order valence-electron chi connectivity index (χ0n) is 21.7. The van der Waals surface area contributed by atoms with Crippen molar-refractivity contribution in [2.24, 2.45) is 0 Å². The number of thioether (sulfide) groups is 1. The summed E-state index contributed by atoms with van der Waals surface area (Å²) in [5.41, 5.74) is 0.668. The summed E-state index contributed by atoms with van der Waals surface area (Å²) in [7, 11) is 0. The number of nitrogens with zero attached hydrogens (tertiary/aromatic N) is 1. The Bertz CT molecular complexity index is 1530. The van der Waals surface area contributed by atoms with Crippen molar-refractivity contribution in [1.29, 1.82) is 0 Å². The molecule has 2 N–H and O–H groups in total. The zero-order chi connectivity index (χ0) is 29.8. The van der Waals surface area contributed by atoms with Crippen molar-refractivity contribution in [3.63, 3.8) is 0 Å². The van der Waals surface area contributed by atoms with E-state index in [9.17, 15) is 31.9 Å². The number of hydrogen-bond acceptors (Lipinski definition) is 6. The maximum absolute atomic E-state index is 14.1. The van der Waals surface area contributed by atoms with Crippen LogP contribution in [0.25, 0.3) is 0 Å². The van der Waals surface area contributed by atoms with E-state index < -0.39 is 46.8 Å². The van der Waals surface area contributed by atoms with Gasteiger partial charge in [-0.1, -0.05) is 42.5 Å². The zero-order valence-corrected chi connectivity index (χ0v) is 22.5. The van der Waals surface area contributed by atoms with Crippen LogP contribution in [0.5, 0.6) is 0 Å². The van der Waals surface area contributed by atoms with Gasteiger partial charge in [0, 0.05) is 29.6 Å². The molecular formula is C30H23F5N2O4S. The Labute approximate surface area is 241 Å². The molecule has 1 aliphatic rings. The SMILES string of the molecule is O=C(Nc1ccc(C2OC(CSc3ccccn3)CC(c3ccc(CO)cc3)O2)cc1)c1c(F)c(F)c(F)c(F)c1F. The molecule has 0 bridgehead atoms. The number of hydrogen-bond donors (Lipinski definition) is 2. The number of carbonyl (C=O) groups is 1. The fourth-order valence-electron chi connectivity index (χ4n) is 4.35. The normalized spacial score (nSPS) is 18.6. The van der Waals surface area contributed by atoms with Crippen LogP contribution in [0.4, 0.5) is 27.6 Å². The molecule has 1 saturated heterocycles. The van der Waals surface area contributed by atoms with Gasteiger partial charge in [-0.2, -0.15) is 0 Å². The van der Waals surface area contributed by atoms with Gasteiger partial charge in [-0.15, -0.1) is 11.8 Å². The summed E-state index contributed by atoms with van der Waals surface area (Å²) in [5, 5.41) is 12.4. The molecule has 6 nitrogen and oxygen atoms in total. The Hall–Kier alpha value is -3.84. The predicted octanol–water partition coefficient (Wildman–Crippen LogP) is 6.86. The van der Waals surface area contributed by atoms with Crippen LogP contribution < -0.4 is 5.32 Å². The number of halogens is 5. The van der Waals surface area contributed by atoms with E-state index in [1.54, 1.807) is 18.3 Å². The highest BCUT2D eigenvalue weighted by Crippen LogP contribution is 2.39. The molecule has 0 radical (unpaired) electrons. The minimum Gasteiger partial charge on any atom is -0.392 e. The Kier molecular flexibility index (Phi) is 9.17. The number of carbonyl (C=O) groups excluding carboxylic acids is 1. The number of aliphatic hydroxyl groups excluding tert-OH is 1. The molecule has 0 saturated carbocycles. The summed E-state index contributed by atoms with van der Waals surface area (Å²) >= 11 is 1.53. The molecular weight excluding hydrogens is 579 g/mol. The van der Waals surface area contributed by atoms with E-state index in [1.807, 2.05) is 42.5 Å². The second-order valence-corrected chi connectivity index (χ2v) is 10.4. The molecule has 0 aliphatic carbocycles. The Morgan fingerprint density at radius 3 is 2.12 bits per heavy atom. The number of amides is 1. The number of aliphatic hydroxyl groups is 1. The summed E-state index contributed by atoms with van der Waals surface area (Å²) in [4.78, 5) is 16.7. The fourth-order valence-corrected chi connectivity index (χ4v) is 5.24. The number of nitrogens with one attached hydrogen (secondary N) is 1. The highest BCUT2D eigenvalue weighted by atomic mass is 32.2. The predicted molar refractivity (Wildman–Crippen MR) is 144 cm³/mol. The van der Waals surface area contributed by atoms with Crippen molar-refractivity contribution >= 4 is 23.4 Å². The van der Waals surface area contributed by atoms with Crippen LogP contribution in [0, 0.1) is 29.1 Å². The summed E-state index contributed by atoms with van der Waals surface area (Å²) in [6.45, 7) is -0.0892. The third kappa shape index (κ3) is 6.46. The molecule has 12 heteroatoms. The molecule has 0 spiro atoms. The average molecular weight is 603 g/mol. The van der Waals surface area contributed by atoms with Crippen molar-refractivity contribution in [3.05, 3.63) is 124 Å². The second kappa shape index (κ2) is 13.0. The lowest BCUT2D eigenvalue weighted by Crippen LogP contribution is -2.31. The van der Waals surface area contributed by atoms with Gasteiger partial charge in [0.1, 0.15) is 5.56 Å². The lowest BCUT2D eigenvalue weighted by atomic mass is 10.0. The minimum absolute atomic E-state index is 0.0434. The van der Waals surface area contributed by atoms with Crippen LogP contribution in [0.2, 0.25) is 0 Å². The number of anilines is 1. The Balaban J connectivity index is 1.33. The quantitative estimate of drug-likeness (QED) is 0.0993. The number of pyridine rings is 1. The molecule has 3 atom stereocenters. The largest absolute Gasteiger partial charge is 0.392 e. The smallest absolute Gasteiger partial charge is 0.261 e. The van der Waals surface area contributed by atoms with Crippen molar-refractivity contribution in [1.82, 2.24) is 4.98 Å². The van der Waals surface area contributed by atoms with Crippen LogP contribution in [0.3, 0.4) is 0 Å². The summed E-state index contributed by atoms with van der Waals surface area (Å²) in [5.74, 6) is -12.1. The Morgan fingerprint density at radius 1 is 0.857 bits per heavy atom. The molecule has 42 heavy (non-hydrogen) atoms. The van der Waals surface area contributed by atoms with E-state index in [-0.39, 0.29) is 24.5 Å². The molecule has 1 amide bonds. The van der Waals surface area contributed by atoms with Gasteiger partial charge in [0.15, 0.2) is 29.6 Å². The van der Waals surface area contributed by atoms with Gasteiger partial charge in [0.25, 0.3) is 5.91 Å². The lowest BCUT2D eigenvalue weighted by molar-refractivity contribution is -0.245. The highest BCUT2D eigenvalue weighted by Gasteiger charge is 2.33. The van der Waals surface area contributed by atoms with Crippen molar-refractivity contribution in [3.8, 4) is 0 Å². The average Bonchev–Trinajstić information content (AvgIpc) is 3.02. The first kappa shape index (κ1) is 29.6. The van der Waals surface area contributed by atoms with Crippen LogP contribution >= 0.6 is 11.8 Å². The van der Waals surface area contributed by atoms with Crippen LogP contribution in [-0.2, 0) is 16.1 Å². The van der Waals surface area contributed by atoms with Crippen LogP contribution in [0.1, 0.15) is 45.9 Å². The molecule has 2 heterocycles. The maximum Gasteiger partial charge on any atom is 0.261 e. The molecule has 1 aromatic heterocycles. The molecule has 1 fully saturated rings. The van der Waals surface area contributed by atoms with Gasteiger partial charge in [-0.3, -0.25) is 4.79 Å². The fraction of sp³-hybridized carbons (Fsp3) is 0.200. The van der Waals surface area contributed by atoms with E-state index in [1.165, 1.54) is 23.9 Å². The molecule has 3 unspecified atom stereocenters. The van der Waals surface area contributed by atoms with Crippen molar-refractivity contribution < 1.29 is 41.3 Å². The minimum atomic E-state index is -2.35. The first-order chi connectivity index (χ1) is 20.2. The van der Waals surface area contributed by atoms with E-state index >= 15 is 0 Å². The molecule has 218 valence electrons. The molecule has 4 aromatic rings. The molecule has 3 aromatic carbocycles. The second-order valence-electron chi connectivity index (χ2n) is 9.35. The van der Waals surface area contributed by atoms with Crippen molar-refractivity contribution in [2.75, 3.05) is 11.1 Å². The first-order valence-electron chi connectivity index (χ1n) is 12.7. The lowest BCUT2D eigenvalue weighted by Gasteiger charge is -2.36. The monoisotopic (exact) mass is 602 g/mol. The standard InChI is InChI=1S/C30H23F5N2O4S/c31-24-23(25(32)27(34)28(35)26(24)33)29(39)37-19-10-8-18(9-11-19)30-40-20(15-42-22-3-1-2-12-36-22)13-21(41-30)17-6-4-16(14-38)5-7-17/h1-12,20-21,30,38H,13-15H2,(H,37,39). The highest BCUT2D eigenvalue weighted by molar-refractivity contribution is 7.99. The third-order valence-electron chi connectivity index (χ3n) is 6.55. The van der Waals surface area contributed by atoms with Crippen LogP contribution in [0.15, 0.2) is 78.0 Å². The van der Waals surface area contributed by atoms with Gasteiger partial charge in [-0.05, 0) is 35.4 Å². The van der Waals surface area contributed by atoms with Gasteiger partial charge < -0.3 is 19.9 Å². The maximum atomic E-state index is 14.1. The number of benzene rings is 3. The van der Waals surface area contributed by atoms with Gasteiger partial charge >= 0.3 is 0 Å². The topological polar surface area (TPSA) is 80.7 Å². The van der Waals surface area contributed by atoms with Crippen LogP contribution in [-0.4, -0.2) is 27.9 Å². The number of ether oxygens (including phenoxy) is 2. The number of rotatable bonds is 8. The van der Waals surface area contributed by atoms with Gasteiger partial charge in [-0.25, -0.2) is 26.9 Å². The van der Waals surface area contributed by atoms with E-state index in [0.717, 1.165) is 16.2 Å². The van der Waals surface area contributed by atoms with Gasteiger partial charge in [0.2, 0.25) is 5.82 Å². The summed E-state index contributed by atoms with van der Waals surface area (Å²) in [6.07, 6.45) is 0.834. The molecule has 5 rings (SSSR count). The summed E-state index contributed by atoms with van der Waals surface area (Å²) in [6, 6.07) is 18.9. The van der Waals surface area contributed by atoms with E-state index in [0.29, 0.717) is 17.7 Å². The third-order valence-corrected chi connectivity index (χ3v) is 7.62. The summed E-state index contributed by atoms with van der Waals surface area (Å²) < 4.78 is 81.1.